The smallest absolute Gasteiger partial charge is 0.162 e. The predicted molar refractivity (Wildman–Crippen MR) is 102 cm³/mol. The van der Waals surface area contributed by atoms with Crippen LogP contribution >= 0.6 is 0 Å². The van der Waals surface area contributed by atoms with E-state index in [1.165, 1.54) is 0 Å². The molecule has 25 heavy (non-hydrogen) atoms. The number of benzene rings is 2. The lowest BCUT2D eigenvalue weighted by atomic mass is 9.94. The molecule has 128 valence electrons. The molecule has 0 N–H and O–H groups in total. The molecule has 0 radical (unpaired) electrons. The second kappa shape index (κ2) is 6.45. The minimum absolute atomic E-state index is 0.128. The molecule has 2 aromatic carbocycles. The molecule has 1 aliphatic rings. The third kappa shape index (κ3) is 3.10. The molecule has 1 aromatic heterocycles. The second-order valence-corrected chi connectivity index (χ2v) is 6.93. The molecule has 1 atom stereocenters. The highest BCUT2D eigenvalue weighted by atomic mass is 16.5. The van der Waals surface area contributed by atoms with Gasteiger partial charge in [-0.05, 0) is 31.9 Å². The molecule has 0 aliphatic carbocycles. The Balaban J connectivity index is 1.84. The zero-order valence-corrected chi connectivity index (χ0v) is 14.8. The van der Waals surface area contributed by atoms with Gasteiger partial charge in [0.15, 0.2) is 5.82 Å². The van der Waals surface area contributed by atoms with E-state index in [1.54, 1.807) is 7.11 Å². The van der Waals surface area contributed by atoms with Crippen LogP contribution in [-0.2, 0) is 4.74 Å². The lowest BCUT2D eigenvalue weighted by Crippen LogP contribution is -2.47. The van der Waals surface area contributed by atoms with Crippen LogP contribution in [0.3, 0.4) is 0 Å². The van der Waals surface area contributed by atoms with Crippen molar-refractivity contribution in [3.63, 3.8) is 0 Å². The summed E-state index contributed by atoms with van der Waals surface area (Å²) < 4.78 is 5.77. The van der Waals surface area contributed by atoms with Gasteiger partial charge in [0.25, 0.3) is 0 Å². The van der Waals surface area contributed by atoms with Gasteiger partial charge >= 0.3 is 0 Å². The minimum atomic E-state index is -0.128. The summed E-state index contributed by atoms with van der Waals surface area (Å²) in [5.74, 6) is 1.78. The summed E-state index contributed by atoms with van der Waals surface area (Å²) in [5.41, 5.74) is 1.90. The molecule has 4 heteroatoms. The van der Waals surface area contributed by atoms with Gasteiger partial charge in [-0.2, -0.15) is 0 Å². The zero-order chi connectivity index (χ0) is 17.3. The summed E-state index contributed by atoms with van der Waals surface area (Å²) in [6.45, 7) is 4.02. The highest BCUT2D eigenvalue weighted by Gasteiger charge is 2.32. The number of piperidine rings is 1. The first kappa shape index (κ1) is 16.0. The van der Waals surface area contributed by atoms with Crippen LogP contribution in [0.25, 0.3) is 22.3 Å². The fourth-order valence-electron chi connectivity index (χ4n) is 3.57. The van der Waals surface area contributed by atoms with Crippen molar-refractivity contribution in [3.8, 4) is 11.4 Å². The number of anilines is 1. The Morgan fingerprint density at radius 3 is 2.56 bits per heavy atom. The van der Waals surface area contributed by atoms with Crippen LogP contribution < -0.4 is 4.90 Å². The molecular formula is C21H23N3O. The van der Waals surface area contributed by atoms with Gasteiger partial charge in [0.05, 0.1) is 11.1 Å². The van der Waals surface area contributed by atoms with Crippen LogP contribution in [0.4, 0.5) is 5.82 Å². The van der Waals surface area contributed by atoms with Crippen molar-refractivity contribution < 1.29 is 4.74 Å². The molecular weight excluding hydrogens is 310 g/mol. The van der Waals surface area contributed by atoms with E-state index in [-0.39, 0.29) is 5.60 Å². The average Bonchev–Trinajstić information content (AvgIpc) is 2.68. The van der Waals surface area contributed by atoms with Gasteiger partial charge in [0, 0.05) is 31.1 Å². The van der Waals surface area contributed by atoms with Gasteiger partial charge in [-0.25, -0.2) is 9.97 Å². The molecule has 1 unspecified atom stereocenters. The average molecular weight is 333 g/mol. The summed E-state index contributed by atoms with van der Waals surface area (Å²) in [7, 11) is 1.80. The summed E-state index contributed by atoms with van der Waals surface area (Å²) in [5, 5.41) is 1.10. The minimum Gasteiger partial charge on any atom is -0.377 e. The number of hydrogen-bond acceptors (Lipinski definition) is 4. The SMILES string of the molecule is COC1(C)CCCN(c2nc(-c3ccccc3)nc3ccccc23)C1. The molecule has 0 bridgehead atoms. The monoisotopic (exact) mass is 333 g/mol. The quantitative estimate of drug-likeness (QED) is 0.716. The number of ether oxygens (including phenoxy) is 1. The molecule has 1 saturated heterocycles. The van der Waals surface area contributed by atoms with Gasteiger partial charge in [-0.1, -0.05) is 42.5 Å². The third-order valence-electron chi connectivity index (χ3n) is 5.07. The van der Waals surface area contributed by atoms with Gasteiger partial charge in [0.1, 0.15) is 5.82 Å². The molecule has 2 heterocycles. The maximum Gasteiger partial charge on any atom is 0.162 e. The molecule has 0 saturated carbocycles. The van der Waals surface area contributed by atoms with E-state index in [4.69, 9.17) is 14.7 Å². The second-order valence-electron chi connectivity index (χ2n) is 6.93. The van der Waals surface area contributed by atoms with Crippen molar-refractivity contribution in [2.45, 2.75) is 25.4 Å². The van der Waals surface area contributed by atoms with E-state index in [2.05, 4.69) is 42.2 Å². The van der Waals surface area contributed by atoms with Crippen LogP contribution in [0.15, 0.2) is 54.6 Å². The number of aromatic nitrogens is 2. The van der Waals surface area contributed by atoms with Crippen LogP contribution in [0.1, 0.15) is 19.8 Å². The largest absolute Gasteiger partial charge is 0.377 e. The standard InChI is InChI=1S/C21H23N3O/c1-21(25-2)13-8-14-24(15-21)20-17-11-6-7-12-18(17)22-19(23-20)16-9-4-3-5-10-16/h3-7,9-12H,8,13-15H2,1-2H3. The first-order valence-electron chi connectivity index (χ1n) is 8.81. The predicted octanol–water partition coefficient (Wildman–Crippen LogP) is 4.30. The molecule has 4 rings (SSSR count). The van der Waals surface area contributed by atoms with E-state index in [1.807, 2.05) is 24.3 Å². The Morgan fingerprint density at radius 2 is 1.76 bits per heavy atom. The molecule has 1 fully saturated rings. The summed E-state index contributed by atoms with van der Waals surface area (Å²) in [6, 6.07) is 18.4. The van der Waals surface area contributed by atoms with E-state index in [0.717, 1.165) is 54.0 Å². The van der Waals surface area contributed by atoms with Gasteiger partial charge < -0.3 is 9.64 Å². The summed E-state index contributed by atoms with van der Waals surface area (Å²) in [4.78, 5) is 12.1. The van der Waals surface area contributed by atoms with Crippen LogP contribution in [0, 0.1) is 0 Å². The fourth-order valence-corrected chi connectivity index (χ4v) is 3.57. The maximum absolute atomic E-state index is 5.77. The van der Waals surface area contributed by atoms with E-state index < -0.39 is 0 Å². The Bertz CT molecular complexity index is 881. The Morgan fingerprint density at radius 1 is 1.00 bits per heavy atom. The van der Waals surface area contributed by atoms with Crippen LogP contribution in [0.2, 0.25) is 0 Å². The van der Waals surface area contributed by atoms with E-state index in [9.17, 15) is 0 Å². The lowest BCUT2D eigenvalue weighted by molar-refractivity contribution is -0.00475. The van der Waals surface area contributed by atoms with Gasteiger partial charge in [-0.15, -0.1) is 0 Å². The lowest BCUT2D eigenvalue weighted by Gasteiger charge is -2.40. The van der Waals surface area contributed by atoms with Crippen molar-refractivity contribution in [1.29, 1.82) is 0 Å². The Kier molecular flexibility index (Phi) is 4.14. The highest BCUT2D eigenvalue weighted by Crippen LogP contribution is 2.32. The van der Waals surface area contributed by atoms with Crippen molar-refractivity contribution in [2.24, 2.45) is 0 Å². The van der Waals surface area contributed by atoms with Crippen molar-refractivity contribution >= 4 is 16.7 Å². The van der Waals surface area contributed by atoms with E-state index in [0.29, 0.717) is 0 Å². The summed E-state index contributed by atoms with van der Waals surface area (Å²) >= 11 is 0. The maximum atomic E-state index is 5.77. The zero-order valence-electron chi connectivity index (χ0n) is 14.8. The first-order valence-corrected chi connectivity index (χ1v) is 8.81. The fraction of sp³-hybridized carbons (Fsp3) is 0.333. The highest BCUT2D eigenvalue weighted by molar-refractivity contribution is 5.91. The van der Waals surface area contributed by atoms with Gasteiger partial charge in [0.2, 0.25) is 0 Å². The van der Waals surface area contributed by atoms with Crippen LogP contribution in [0.5, 0.6) is 0 Å². The Hall–Kier alpha value is -2.46. The topological polar surface area (TPSA) is 38.2 Å². The van der Waals surface area contributed by atoms with Crippen molar-refractivity contribution in [3.05, 3.63) is 54.6 Å². The first-order chi connectivity index (χ1) is 12.2. The van der Waals surface area contributed by atoms with Gasteiger partial charge in [-0.3, -0.25) is 0 Å². The summed E-state index contributed by atoms with van der Waals surface area (Å²) in [6.07, 6.45) is 2.18. The molecule has 1 aliphatic heterocycles. The third-order valence-corrected chi connectivity index (χ3v) is 5.07. The molecule has 4 nitrogen and oxygen atoms in total. The molecule has 0 spiro atoms. The number of para-hydroxylation sites is 1. The van der Waals surface area contributed by atoms with Crippen molar-refractivity contribution in [2.75, 3.05) is 25.1 Å². The Labute approximate surface area is 148 Å². The van der Waals surface area contributed by atoms with Crippen molar-refractivity contribution in [1.82, 2.24) is 9.97 Å². The number of hydrogen-bond donors (Lipinski definition) is 0. The normalized spacial score (nSPS) is 20.8. The molecule has 0 amide bonds. The number of methoxy groups -OCH3 is 1. The number of nitrogens with zero attached hydrogens (tertiary/aromatic N) is 3. The number of rotatable bonds is 3. The molecule has 3 aromatic rings. The number of fused-ring (bicyclic) bond motifs is 1. The van der Waals surface area contributed by atoms with Crippen LogP contribution in [-0.4, -0.2) is 35.8 Å². The van der Waals surface area contributed by atoms with E-state index >= 15 is 0 Å².